The van der Waals surface area contributed by atoms with Crippen molar-refractivity contribution in [3.63, 3.8) is 0 Å². The van der Waals surface area contributed by atoms with Gasteiger partial charge in [-0.1, -0.05) is 87.8 Å². The molecular formula is C22H23Cl6N3O4. The van der Waals surface area contributed by atoms with E-state index in [0.29, 0.717) is 0 Å². The van der Waals surface area contributed by atoms with E-state index in [4.69, 9.17) is 79.1 Å². The highest BCUT2D eigenvalue weighted by molar-refractivity contribution is 6.68. The largest absolute Gasteiger partial charge is 0.439 e. The second-order valence-electron chi connectivity index (χ2n) is 8.92. The predicted octanol–water partition coefficient (Wildman–Crippen LogP) is 7.87. The van der Waals surface area contributed by atoms with Gasteiger partial charge in [0.05, 0.1) is 12.6 Å². The minimum absolute atomic E-state index is 0.0103. The Morgan fingerprint density at radius 3 is 2.00 bits per heavy atom. The summed E-state index contributed by atoms with van der Waals surface area (Å²) >= 11 is 35.9. The van der Waals surface area contributed by atoms with Crippen molar-refractivity contribution in [1.82, 2.24) is 14.8 Å². The number of hydrogen-bond acceptors (Lipinski definition) is 4. The van der Waals surface area contributed by atoms with Crippen LogP contribution in [0.1, 0.15) is 39.3 Å². The summed E-state index contributed by atoms with van der Waals surface area (Å²) < 4.78 is 7.26. The van der Waals surface area contributed by atoms with Crippen LogP contribution in [0.15, 0.2) is 42.9 Å². The van der Waals surface area contributed by atoms with Gasteiger partial charge in [0.15, 0.2) is 11.2 Å². The van der Waals surface area contributed by atoms with Gasteiger partial charge in [0.2, 0.25) is 7.59 Å². The molecule has 1 atom stereocenters. The van der Waals surface area contributed by atoms with E-state index in [-0.39, 0.29) is 6.54 Å². The summed E-state index contributed by atoms with van der Waals surface area (Å²) in [5, 5.41) is 0.848. The zero-order valence-electron chi connectivity index (χ0n) is 19.1. The van der Waals surface area contributed by atoms with Crippen LogP contribution in [0.5, 0.6) is 0 Å². The Hall–Kier alpha value is -1.22. The van der Waals surface area contributed by atoms with Gasteiger partial charge in [-0.25, -0.2) is 9.59 Å². The zero-order chi connectivity index (χ0) is 26.4. The fraction of sp³-hybridized carbons (Fsp3) is 0.455. The summed E-state index contributed by atoms with van der Waals surface area (Å²) in [6.07, 6.45) is 2.96. The number of carbonyl (C=O) groups excluding carboxylic acids is 2. The Morgan fingerprint density at radius 1 is 0.886 bits per heavy atom. The number of benzene rings is 1. The summed E-state index contributed by atoms with van der Waals surface area (Å²) in [5.41, 5.74) is -1.30. The quantitative estimate of drug-likeness (QED) is 0.361. The molecule has 1 aromatic carbocycles. The first-order valence-electron chi connectivity index (χ1n) is 10.3. The number of ether oxygens (including phenoxy) is 2. The number of carbonyl (C=O) groups is 2. The van der Waals surface area contributed by atoms with Crippen LogP contribution in [0.4, 0.5) is 9.59 Å². The Kier molecular flexibility index (Phi) is 8.03. The first-order chi connectivity index (χ1) is 15.9. The second kappa shape index (κ2) is 9.92. The number of aromatic amines is 1. The predicted molar refractivity (Wildman–Crippen MR) is 140 cm³/mol. The molecule has 0 spiro atoms. The van der Waals surface area contributed by atoms with E-state index in [1.165, 1.54) is 49.9 Å². The zero-order valence-corrected chi connectivity index (χ0v) is 23.7. The molecule has 0 fully saturated rings. The summed E-state index contributed by atoms with van der Waals surface area (Å²) in [6.45, 7) is 5.93. The third-order valence-electron chi connectivity index (χ3n) is 5.59. The van der Waals surface area contributed by atoms with Gasteiger partial charge in [-0.15, -0.1) is 0 Å². The first-order valence-corrected chi connectivity index (χ1v) is 12.6. The van der Waals surface area contributed by atoms with Crippen LogP contribution in [-0.4, -0.2) is 52.3 Å². The lowest BCUT2D eigenvalue weighted by molar-refractivity contribution is 0.00336. The minimum Gasteiger partial charge on any atom is -0.439 e. The number of aromatic nitrogens is 1. The lowest BCUT2D eigenvalue weighted by Gasteiger charge is -2.40. The Balaban J connectivity index is 1.96. The molecule has 1 N–H and O–H groups in total. The number of halogens is 6. The highest BCUT2D eigenvalue weighted by Crippen LogP contribution is 2.43. The molecule has 1 aliphatic rings. The molecule has 2 amide bonds. The van der Waals surface area contributed by atoms with Gasteiger partial charge in [-0.2, -0.15) is 0 Å². The fourth-order valence-corrected chi connectivity index (χ4v) is 3.43. The molecule has 0 saturated carbocycles. The SMILES string of the molecule is CC(C)(OC(=O)N1C=CN(C(=O)OC(C)(C)C(Cl)(Cl)Cl)C(c2c[nH]c3ccccc23)C1)C(Cl)(Cl)Cl. The van der Waals surface area contributed by atoms with Crippen LogP contribution in [0.2, 0.25) is 0 Å². The van der Waals surface area contributed by atoms with Gasteiger partial charge in [0, 0.05) is 35.1 Å². The molecule has 35 heavy (non-hydrogen) atoms. The van der Waals surface area contributed by atoms with E-state index in [1.807, 2.05) is 24.3 Å². The number of rotatable bonds is 3. The van der Waals surface area contributed by atoms with Gasteiger partial charge in [0.25, 0.3) is 0 Å². The third kappa shape index (κ3) is 6.03. The van der Waals surface area contributed by atoms with E-state index in [2.05, 4.69) is 4.98 Å². The minimum atomic E-state index is -1.88. The summed E-state index contributed by atoms with van der Waals surface area (Å²) in [4.78, 5) is 31.9. The molecule has 7 nitrogen and oxygen atoms in total. The van der Waals surface area contributed by atoms with Crippen LogP contribution < -0.4 is 0 Å². The monoisotopic (exact) mass is 603 g/mol. The van der Waals surface area contributed by atoms with E-state index in [9.17, 15) is 9.59 Å². The highest BCUT2D eigenvalue weighted by Gasteiger charge is 2.47. The molecule has 13 heteroatoms. The van der Waals surface area contributed by atoms with Gasteiger partial charge in [-0.05, 0) is 33.8 Å². The van der Waals surface area contributed by atoms with Crippen LogP contribution in [0.3, 0.4) is 0 Å². The van der Waals surface area contributed by atoms with E-state index < -0.39 is 37.0 Å². The van der Waals surface area contributed by atoms with Crippen LogP contribution in [0.25, 0.3) is 10.9 Å². The van der Waals surface area contributed by atoms with Crippen molar-refractivity contribution in [2.75, 3.05) is 6.54 Å². The molecule has 3 rings (SSSR count). The van der Waals surface area contributed by atoms with Gasteiger partial charge >= 0.3 is 12.2 Å². The Morgan fingerprint density at radius 2 is 1.43 bits per heavy atom. The number of amides is 2. The molecule has 1 unspecified atom stereocenters. The van der Waals surface area contributed by atoms with Crippen molar-refractivity contribution in [3.05, 3.63) is 48.4 Å². The molecular weight excluding hydrogens is 583 g/mol. The Bertz CT molecular complexity index is 1140. The van der Waals surface area contributed by atoms with Crippen molar-refractivity contribution in [2.24, 2.45) is 0 Å². The van der Waals surface area contributed by atoms with Crippen molar-refractivity contribution in [3.8, 4) is 0 Å². The molecule has 192 valence electrons. The van der Waals surface area contributed by atoms with Crippen molar-refractivity contribution < 1.29 is 19.1 Å². The third-order valence-corrected chi connectivity index (χ3v) is 8.32. The number of H-pyrrole nitrogens is 1. The maximum Gasteiger partial charge on any atom is 0.415 e. The van der Waals surface area contributed by atoms with Crippen molar-refractivity contribution in [1.29, 1.82) is 0 Å². The topological polar surface area (TPSA) is 74.9 Å². The summed E-state index contributed by atoms with van der Waals surface area (Å²) in [6, 6.07) is 6.84. The van der Waals surface area contributed by atoms with Crippen LogP contribution in [-0.2, 0) is 9.47 Å². The lowest BCUT2D eigenvalue weighted by atomic mass is 10.0. The van der Waals surface area contributed by atoms with Gasteiger partial charge in [0.1, 0.15) is 0 Å². The van der Waals surface area contributed by atoms with Crippen molar-refractivity contribution in [2.45, 2.75) is 52.5 Å². The van der Waals surface area contributed by atoms with E-state index >= 15 is 0 Å². The molecule has 2 aromatic rings. The number of para-hydroxylation sites is 1. The number of nitrogens with one attached hydrogen (secondary N) is 1. The molecule has 1 aliphatic heterocycles. The smallest absolute Gasteiger partial charge is 0.415 e. The fourth-order valence-electron chi connectivity index (χ4n) is 3.20. The summed E-state index contributed by atoms with van der Waals surface area (Å²) in [7, 11) is 0. The van der Waals surface area contributed by atoms with Crippen LogP contribution in [0, 0.1) is 0 Å². The normalized spacial score (nSPS) is 17.6. The average molecular weight is 606 g/mol. The average Bonchev–Trinajstić information content (AvgIpc) is 3.15. The first kappa shape index (κ1) is 28.4. The highest BCUT2D eigenvalue weighted by atomic mass is 35.6. The van der Waals surface area contributed by atoms with Gasteiger partial charge in [-0.3, -0.25) is 9.80 Å². The standard InChI is InChI=1S/C22H23Cl6N3O4/c1-19(2,21(23,24)25)34-17(32)30-9-10-31(18(33)35-20(3,4)22(26,27)28)16(12-30)14-11-29-15-8-6-5-7-13(14)15/h5-11,16,29H,12H2,1-4H3. The Labute approximate surface area is 233 Å². The molecule has 1 aromatic heterocycles. The maximum atomic E-state index is 13.2. The van der Waals surface area contributed by atoms with E-state index in [1.54, 1.807) is 6.20 Å². The lowest BCUT2D eigenvalue weighted by Crippen LogP contribution is -2.50. The number of alkyl halides is 6. The van der Waals surface area contributed by atoms with Gasteiger partial charge < -0.3 is 14.5 Å². The molecule has 0 radical (unpaired) electrons. The maximum absolute atomic E-state index is 13.2. The second-order valence-corrected chi connectivity index (χ2v) is 13.5. The van der Waals surface area contributed by atoms with Crippen LogP contribution >= 0.6 is 69.6 Å². The molecule has 0 bridgehead atoms. The molecule has 0 saturated heterocycles. The summed E-state index contributed by atoms with van der Waals surface area (Å²) in [5.74, 6) is 0. The van der Waals surface area contributed by atoms with E-state index in [0.717, 1.165) is 16.5 Å². The van der Waals surface area contributed by atoms with Crippen molar-refractivity contribution >= 4 is 92.7 Å². The molecule has 0 aliphatic carbocycles. The number of nitrogens with zero attached hydrogens (tertiary/aromatic N) is 2. The molecule has 2 heterocycles. The number of hydrogen-bond donors (Lipinski definition) is 1. The number of fused-ring (bicyclic) bond motifs is 1.